The van der Waals surface area contributed by atoms with Crippen molar-refractivity contribution in [3.63, 3.8) is 0 Å². The molecule has 10 nitrogen and oxygen atoms in total. The zero-order valence-electron chi connectivity index (χ0n) is 23.2. The van der Waals surface area contributed by atoms with E-state index in [1.54, 1.807) is 57.4 Å². The van der Waals surface area contributed by atoms with Crippen molar-refractivity contribution in [2.45, 2.75) is 45.3 Å². The first kappa shape index (κ1) is 29.0. The Morgan fingerprint density at radius 3 is 2.38 bits per heavy atom. The zero-order valence-corrected chi connectivity index (χ0v) is 23.2. The number of anilines is 2. The average Bonchev–Trinajstić information content (AvgIpc) is 2.92. The van der Waals surface area contributed by atoms with Gasteiger partial charge in [-0.3, -0.25) is 14.5 Å². The number of carbonyl (C=O) groups excluding carboxylic acids is 2. The van der Waals surface area contributed by atoms with E-state index in [0.717, 1.165) is 48.5 Å². The molecule has 0 saturated carbocycles. The molecule has 1 aliphatic rings. The number of aliphatic hydroxyl groups excluding tert-OH is 1. The standard InChI is InChI=1S/C30H37N5O5/c1-30(2,3)40-27(37)19-31-28(38)22-8-6-21(7-9-22)23-17-32-29(33-18-23)34-24-10-12-26(13-11-24)39-16-15-35-14-4-5-25(36)20-35/h6-13,17-18,25,36H,4-5,14-16,19-20H2,1-3H3,(H,31,38)(H,32,33,34). The molecule has 0 radical (unpaired) electrons. The first-order valence-corrected chi connectivity index (χ1v) is 13.5. The summed E-state index contributed by atoms with van der Waals surface area (Å²) in [5, 5.41) is 15.5. The van der Waals surface area contributed by atoms with E-state index in [0.29, 0.717) is 24.7 Å². The largest absolute Gasteiger partial charge is 0.492 e. The van der Waals surface area contributed by atoms with E-state index < -0.39 is 11.6 Å². The number of β-amino-alcohol motifs (C(OH)–C–C–N with tert-alkyl or cyclic N) is 1. The van der Waals surface area contributed by atoms with Crippen LogP contribution in [0.1, 0.15) is 44.0 Å². The van der Waals surface area contributed by atoms with Crippen LogP contribution in [-0.2, 0) is 9.53 Å². The molecule has 1 aliphatic heterocycles. The van der Waals surface area contributed by atoms with Gasteiger partial charge in [0.25, 0.3) is 5.91 Å². The third kappa shape index (κ3) is 9.03. The number of amides is 1. The minimum Gasteiger partial charge on any atom is -0.492 e. The van der Waals surface area contributed by atoms with Crippen molar-refractivity contribution >= 4 is 23.5 Å². The van der Waals surface area contributed by atoms with E-state index in [9.17, 15) is 14.7 Å². The SMILES string of the molecule is CC(C)(C)OC(=O)CNC(=O)c1ccc(-c2cnc(Nc3ccc(OCCN4CCCC(O)C4)cc3)nc2)cc1. The fourth-order valence-corrected chi connectivity index (χ4v) is 4.28. The summed E-state index contributed by atoms with van der Waals surface area (Å²) in [6.45, 7) is 8.21. The molecule has 40 heavy (non-hydrogen) atoms. The summed E-state index contributed by atoms with van der Waals surface area (Å²) in [6.07, 6.45) is 5.09. The Morgan fingerprint density at radius 1 is 1.02 bits per heavy atom. The molecular formula is C30H37N5O5. The lowest BCUT2D eigenvalue weighted by atomic mass is 10.1. The maximum atomic E-state index is 12.4. The molecule has 0 aliphatic carbocycles. The van der Waals surface area contributed by atoms with Crippen molar-refractivity contribution in [3.8, 4) is 16.9 Å². The van der Waals surface area contributed by atoms with Gasteiger partial charge in [0.2, 0.25) is 5.95 Å². The van der Waals surface area contributed by atoms with Gasteiger partial charge in [0.05, 0.1) is 6.10 Å². The topological polar surface area (TPSA) is 126 Å². The molecule has 2 aromatic carbocycles. The van der Waals surface area contributed by atoms with Crippen LogP contribution in [0.5, 0.6) is 5.75 Å². The Hall–Kier alpha value is -4.02. The molecule has 212 valence electrons. The summed E-state index contributed by atoms with van der Waals surface area (Å²) in [5.74, 6) is 0.394. The number of aromatic nitrogens is 2. The molecule has 1 fully saturated rings. The normalized spacial score (nSPS) is 15.8. The predicted octanol–water partition coefficient (Wildman–Crippen LogP) is 3.79. The Labute approximate surface area is 234 Å². The third-order valence-corrected chi connectivity index (χ3v) is 6.21. The fraction of sp³-hybridized carbons (Fsp3) is 0.400. The highest BCUT2D eigenvalue weighted by molar-refractivity contribution is 5.96. The van der Waals surface area contributed by atoms with Crippen LogP contribution in [0.2, 0.25) is 0 Å². The van der Waals surface area contributed by atoms with Gasteiger partial charge in [0.1, 0.15) is 24.5 Å². The second-order valence-corrected chi connectivity index (χ2v) is 10.7. The smallest absolute Gasteiger partial charge is 0.325 e. The highest BCUT2D eigenvalue weighted by Gasteiger charge is 2.18. The maximum absolute atomic E-state index is 12.4. The fourth-order valence-electron chi connectivity index (χ4n) is 4.28. The molecule has 1 atom stereocenters. The van der Waals surface area contributed by atoms with Gasteiger partial charge in [-0.15, -0.1) is 0 Å². The van der Waals surface area contributed by atoms with Gasteiger partial charge in [-0.25, -0.2) is 9.97 Å². The van der Waals surface area contributed by atoms with Crippen LogP contribution < -0.4 is 15.4 Å². The van der Waals surface area contributed by atoms with E-state index in [1.807, 2.05) is 24.3 Å². The first-order valence-electron chi connectivity index (χ1n) is 13.5. The van der Waals surface area contributed by atoms with Crippen molar-refractivity contribution in [3.05, 3.63) is 66.5 Å². The number of piperidine rings is 1. The van der Waals surface area contributed by atoms with Gasteiger partial charge in [0.15, 0.2) is 0 Å². The van der Waals surface area contributed by atoms with Gasteiger partial charge >= 0.3 is 5.97 Å². The number of hydrogen-bond donors (Lipinski definition) is 3. The van der Waals surface area contributed by atoms with Crippen molar-refractivity contribution in [2.75, 3.05) is 38.1 Å². The van der Waals surface area contributed by atoms with Crippen molar-refractivity contribution in [1.82, 2.24) is 20.2 Å². The Morgan fingerprint density at radius 2 is 1.73 bits per heavy atom. The number of benzene rings is 2. The summed E-state index contributed by atoms with van der Waals surface area (Å²) in [6, 6.07) is 14.6. The van der Waals surface area contributed by atoms with Crippen molar-refractivity contribution in [1.29, 1.82) is 0 Å². The van der Waals surface area contributed by atoms with Crippen molar-refractivity contribution in [2.24, 2.45) is 0 Å². The van der Waals surface area contributed by atoms with Gasteiger partial charge in [-0.2, -0.15) is 0 Å². The molecular weight excluding hydrogens is 510 g/mol. The van der Waals surface area contributed by atoms with Crippen LogP contribution in [0, 0.1) is 0 Å². The number of likely N-dealkylation sites (tertiary alicyclic amines) is 1. The molecule has 3 aromatic rings. The lowest BCUT2D eigenvalue weighted by molar-refractivity contribution is -0.153. The number of hydrogen-bond acceptors (Lipinski definition) is 9. The van der Waals surface area contributed by atoms with E-state index in [4.69, 9.17) is 9.47 Å². The molecule has 1 aromatic heterocycles. The van der Waals surface area contributed by atoms with Gasteiger partial charge in [-0.05, 0) is 82.1 Å². The number of rotatable bonds is 10. The monoisotopic (exact) mass is 547 g/mol. The number of ether oxygens (including phenoxy) is 2. The number of esters is 1. The average molecular weight is 548 g/mol. The summed E-state index contributed by atoms with van der Waals surface area (Å²) < 4.78 is 11.1. The molecule has 1 saturated heterocycles. The lowest BCUT2D eigenvalue weighted by Crippen LogP contribution is -2.40. The number of carbonyl (C=O) groups is 2. The van der Waals surface area contributed by atoms with Gasteiger partial charge < -0.3 is 25.2 Å². The predicted molar refractivity (Wildman–Crippen MR) is 153 cm³/mol. The Kier molecular flexibility index (Phi) is 9.68. The Balaban J connectivity index is 1.24. The first-order chi connectivity index (χ1) is 19.1. The highest BCUT2D eigenvalue weighted by Crippen LogP contribution is 2.22. The summed E-state index contributed by atoms with van der Waals surface area (Å²) in [4.78, 5) is 35.2. The molecule has 1 amide bonds. The number of nitrogens with one attached hydrogen (secondary N) is 2. The van der Waals surface area contributed by atoms with Gasteiger partial charge in [0, 0.05) is 42.3 Å². The second kappa shape index (κ2) is 13.4. The Bertz CT molecular complexity index is 1260. The van der Waals surface area contributed by atoms with Crippen LogP contribution in [0.25, 0.3) is 11.1 Å². The summed E-state index contributed by atoms with van der Waals surface area (Å²) in [7, 11) is 0. The molecule has 10 heteroatoms. The van der Waals surface area contributed by atoms with E-state index >= 15 is 0 Å². The van der Waals surface area contributed by atoms with E-state index in [2.05, 4.69) is 25.5 Å². The molecule has 0 bridgehead atoms. The quantitative estimate of drug-likeness (QED) is 0.325. The maximum Gasteiger partial charge on any atom is 0.325 e. The minimum absolute atomic E-state index is 0.194. The molecule has 2 heterocycles. The van der Waals surface area contributed by atoms with Crippen LogP contribution in [-0.4, -0.2) is 76.3 Å². The van der Waals surface area contributed by atoms with Crippen LogP contribution in [0.3, 0.4) is 0 Å². The summed E-state index contributed by atoms with van der Waals surface area (Å²) in [5.41, 5.74) is 2.33. The highest BCUT2D eigenvalue weighted by atomic mass is 16.6. The molecule has 1 unspecified atom stereocenters. The molecule has 3 N–H and O–H groups in total. The van der Waals surface area contributed by atoms with Gasteiger partial charge in [-0.1, -0.05) is 12.1 Å². The molecule has 4 rings (SSSR count). The lowest BCUT2D eigenvalue weighted by Gasteiger charge is -2.29. The van der Waals surface area contributed by atoms with E-state index in [1.165, 1.54) is 0 Å². The number of aliphatic hydroxyl groups is 1. The van der Waals surface area contributed by atoms with Crippen LogP contribution in [0.4, 0.5) is 11.6 Å². The second-order valence-electron chi connectivity index (χ2n) is 10.7. The number of nitrogens with zero attached hydrogens (tertiary/aromatic N) is 3. The van der Waals surface area contributed by atoms with Crippen LogP contribution >= 0.6 is 0 Å². The van der Waals surface area contributed by atoms with E-state index in [-0.39, 0.29) is 18.6 Å². The summed E-state index contributed by atoms with van der Waals surface area (Å²) >= 11 is 0. The van der Waals surface area contributed by atoms with Crippen molar-refractivity contribution < 1.29 is 24.2 Å². The van der Waals surface area contributed by atoms with Crippen LogP contribution in [0.15, 0.2) is 60.9 Å². The third-order valence-electron chi connectivity index (χ3n) is 6.21. The zero-order chi connectivity index (χ0) is 28.5. The minimum atomic E-state index is -0.602. The molecule has 0 spiro atoms.